The third-order valence-corrected chi connectivity index (χ3v) is 6.52. The second-order valence-electron chi connectivity index (χ2n) is 7.88. The van der Waals surface area contributed by atoms with Crippen LogP contribution in [0.2, 0.25) is 0 Å². The molecule has 3 saturated heterocycles. The normalized spacial score (nSPS) is 31.1. The van der Waals surface area contributed by atoms with Crippen LogP contribution in [0.1, 0.15) is 38.5 Å². The van der Waals surface area contributed by atoms with Gasteiger partial charge in [0, 0.05) is 44.7 Å². The van der Waals surface area contributed by atoms with Gasteiger partial charge in [0.1, 0.15) is 6.04 Å². The molecule has 0 aromatic carbocycles. The van der Waals surface area contributed by atoms with E-state index >= 15 is 0 Å². The molecule has 0 radical (unpaired) electrons. The Hall–Kier alpha value is -1.14. The van der Waals surface area contributed by atoms with Gasteiger partial charge in [0.2, 0.25) is 11.8 Å². The summed E-state index contributed by atoms with van der Waals surface area (Å²) in [5.41, 5.74) is 0. The fourth-order valence-electron chi connectivity index (χ4n) is 5.02. The molecule has 24 heavy (non-hydrogen) atoms. The summed E-state index contributed by atoms with van der Waals surface area (Å²) >= 11 is 0. The van der Waals surface area contributed by atoms with Crippen molar-refractivity contribution in [2.75, 3.05) is 45.8 Å². The van der Waals surface area contributed by atoms with Gasteiger partial charge in [-0.15, -0.1) is 0 Å². The summed E-state index contributed by atoms with van der Waals surface area (Å²) in [5.74, 6) is 0.551. The maximum absolute atomic E-state index is 12.9. The summed E-state index contributed by atoms with van der Waals surface area (Å²) in [6.45, 7) is 6.00. The molecule has 0 spiro atoms. The predicted molar refractivity (Wildman–Crippen MR) is 91.5 cm³/mol. The topological polar surface area (TPSA) is 55.9 Å². The average Bonchev–Trinajstić information content (AvgIpc) is 3.16. The van der Waals surface area contributed by atoms with Gasteiger partial charge in [0.15, 0.2) is 0 Å². The van der Waals surface area contributed by atoms with Gasteiger partial charge in [-0.2, -0.15) is 0 Å². The maximum atomic E-state index is 12.9. The van der Waals surface area contributed by atoms with Gasteiger partial charge in [-0.05, 0) is 38.8 Å². The number of amides is 2. The zero-order valence-electron chi connectivity index (χ0n) is 14.6. The van der Waals surface area contributed by atoms with Crippen LogP contribution in [0.15, 0.2) is 0 Å². The molecule has 0 aromatic rings. The third-order valence-electron chi connectivity index (χ3n) is 6.52. The van der Waals surface area contributed by atoms with Crippen molar-refractivity contribution in [3.63, 3.8) is 0 Å². The summed E-state index contributed by atoms with van der Waals surface area (Å²) in [5, 5.41) is 2.93. The fraction of sp³-hybridized carbons (Fsp3) is 0.889. The summed E-state index contributed by atoms with van der Waals surface area (Å²) in [7, 11) is 0. The van der Waals surface area contributed by atoms with Gasteiger partial charge < -0.3 is 15.1 Å². The molecule has 1 N–H and O–H groups in total. The Morgan fingerprint density at radius 2 is 1.67 bits per heavy atom. The monoisotopic (exact) mass is 334 g/mol. The number of nitrogens with zero attached hydrogens (tertiary/aromatic N) is 3. The van der Waals surface area contributed by atoms with E-state index in [0.717, 1.165) is 58.2 Å². The van der Waals surface area contributed by atoms with Crippen molar-refractivity contribution in [2.24, 2.45) is 5.92 Å². The Morgan fingerprint density at radius 1 is 0.917 bits per heavy atom. The van der Waals surface area contributed by atoms with Crippen molar-refractivity contribution in [1.82, 2.24) is 20.0 Å². The lowest BCUT2D eigenvalue weighted by Gasteiger charge is -2.44. The number of hydrogen-bond acceptors (Lipinski definition) is 4. The number of likely N-dealkylation sites (tertiary alicyclic amines) is 1. The summed E-state index contributed by atoms with van der Waals surface area (Å²) in [6, 6.07) is 0.644. The Labute approximate surface area is 144 Å². The van der Waals surface area contributed by atoms with Crippen molar-refractivity contribution in [1.29, 1.82) is 0 Å². The molecule has 1 saturated carbocycles. The van der Waals surface area contributed by atoms with Gasteiger partial charge in [-0.25, -0.2) is 0 Å². The second-order valence-corrected chi connectivity index (χ2v) is 7.88. The van der Waals surface area contributed by atoms with E-state index < -0.39 is 0 Å². The van der Waals surface area contributed by atoms with Gasteiger partial charge in [-0.1, -0.05) is 12.8 Å². The molecule has 0 bridgehead atoms. The number of rotatable bonds is 2. The van der Waals surface area contributed by atoms with Crippen LogP contribution in [-0.4, -0.2) is 84.4 Å². The molecule has 3 aliphatic heterocycles. The van der Waals surface area contributed by atoms with E-state index in [1.165, 1.54) is 25.7 Å². The minimum Gasteiger partial charge on any atom is -0.353 e. The van der Waals surface area contributed by atoms with Crippen molar-refractivity contribution in [3.05, 3.63) is 0 Å². The smallest absolute Gasteiger partial charge is 0.239 e. The molecule has 0 aromatic heterocycles. The Bertz CT molecular complexity index is 483. The highest BCUT2D eigenvalue weighted by Crippen LogP contribution is 2.29. The first-order valence-corrected chi connectivity index (χ1v) is 9.77. The number of hydrogen-bond donors (Lipinski definition) is 1. The van der Waals surface area contributed by atoms with E-state index in [2.05, 4.69) is 15.1 Å². The number of carbonyl (C=O) groups excluding carboxylic acids is 2. The number of piperazine rings is 2. The van der Waals surface area contributed by atoms with E-state index in [9.17, 15) is 9.59 Å². The summed E-state index contributed by atoms with van der Waals surface area (Å²) in [4.78, 5) is 31.8. The molecule has 4 rings (SSSR count). The fourth-order valence-corrected chi connectivity index (χ4v) is 5.02. The molecule has 1 aliphatic carbocycles. The standard InChI is InChI=1S/C18H30N4O2/c23-17-16-13-22(12-11-21(16)10-7-19-17)18(24)14-5-8-20(9-6-14)15-3-1-2-4-15/h14-16H,1-13H2,(H,19,23)/t16-/m0/s1. The first-order valence-electron chi connectivity index (χ1n) is 9.77. The zero-order chi connectivity index (χ0) is 16.5. The number of carbonyl (C=O) groups is 2. The molecule has 1 atom stereocenters. The highest BCUT2D eigenvalue weighted by Gasteiger charge is 2.39. The Kier molecular flexibility index (Phi) is 4.77. The molecular formula is C18H30N4O2. The summed E-state index contributed by atoms with van der Waals surface area (Å²) < 4.78 is 0. The molecule has 134 valence electrons. The van der Waals surface area contributed by atoms with E-state index in [1.54, 1.807) is 0 Å². The summed E-state index contributed by atoms with van der Waals surface area (Å²) in [6.07, 6.45) is 7.42. The van der Waals surface area contributed by atoms with Crippen molar-refractivity contribution < 1.29 is 9.59 Å². The molecule has 2 amide bonds. The third kappa shape index (κ3) is 3.18. The van der Waals surface area contributed by atoms with Crippen LogP contribution in [0.5, 0.6) is 0 Å². The molecule has 4 aliphatic rings. The van der Waals surface area contributed by atoms with Crippen LogP contribution in [0.4, 0.5) is 0 Å². The number of fused-ring (bicyclic) bond motifs is 1. The van der Waals surface area contributed by atoms with Gasteiger partial charge in [-0.3, -0.25) is 14.5 Å². The van der Waals surface area contributed by atoms with Gasteiger partial charge >= 0.3 is 0 Å². The van der Waals surface area contributed by atoms with Crippen molar-refractivity contribution in [3.8, 4) is 0 Å². The second kappa shape index (κ2) is 7.00. The van der Waals surface area contributed by atoms with Crippen LogP contribution in [0.25, 0.3) is 0 Å². The van der Waals surface area contributed by atoms with E-state index in [1.807, 2.05) is 4.90 Å². The van der Waals surface area contributed by atoms with Crippen LogP contribution in [0.3, 0.4) is 0 Å². The molecule has 3 heterocycles. The van der Waals surface area contributed by atoms with E-state index in [0.29, 0.717) is 12.5 Å². The van der Waals surface area contributed by atoms with Crippen LogP contribution in [0, 0.1) is 5.92 Å². The molecule has 6 nitrogen and oxygen atoms in total. The lowest BCUT2D eigenvalue weighted by molar-refractivity contribution is -0.144. The zero-order valence-corrected chi connectivity index (χ0v) is 14.6. The van der Waals surface area contributed by atoms with Crippen LogP contribution >= 0.6 is 0 Å². The molecule has 0 unspecified atom stereocenters. The Morgan fingerprint density at radius 3 is 2.42 bits per heavy atom. The molecular weight excluding hydrogens is 304 g/mol. The first-order chi connectivity index (χ1) is 11.7. The van der Waals surface area contributed by atoms with E-state index in [4.69, 9.17) is 0 Å². The minimum absolute atomic E-state index is 0.0924. The van der Waals surface area contributed by atoms with Crippen molar-refractivity contribution in [2.45, 2.75) is 50.6 Å². The highest BCUT2D eigenvalue weighted by molar-refractivity contribution is 5.85. The van der Waals surface area contributed by atoms with E-state index in [-0.39, 0.29) is 17.9 Å². The van der Waals surface area contributed by atoms with Gasteiger partial charge in [0.25, 0.3) is 0 Å². The Balaban J connectivity index is 1.31. The number of nitrogens with one attached hydrogen (secondary N) is 1. The average molecular weight is 334 g/mol. The quantitative estimate of drug-likeness (QED) is 0.788. The lowest BCUT2D eigenvalue weighted by Crippen LogP contribution is -2.65. The van der Waals surface area contributed by atoms with Crippen LogP contribution in [-0.2, 0) is 9.59 Å². The minimum atomic E-state index is -0.130. The largest absolute Gasteiger partial charge is 0.353 e. The first kappa shape index (κ1) is 16.3. The molecule has 6 heteroatoms. The molecule has 4 fully saturated rings. The van der Waals surface area contributed by atoms with Crippen molar-refractivity contribution >= 4 is 11.8 Å². The highest BCUT2D eigenvalue weighted by atomic mass is 16.2. The lowest BCUT2D eigenvalue weighted by atomic mass is 9.93. The maximum Gasteiger partial charge on any atom is 0.239 e. The van der Waals surface area contributed by atoms with Crippen LogP contribution < -0.4 is 5.32 Å². The van der Waals surface area contributed by atoms with Gasteiger partial charge in [0.05, 0.1) is 0 Å². The SMILES string of the molecule is O=C1NCCN2CCN(C(=O)C3CCN(C4CCCC4)CC3)C[C@@H]12. The predicted octanol–water partition coefficient (Wildman–Crippen LogP) is 0.284. The number of piperidine rings is 1.